The first-order chi connectivity index (χ1) is 26.1. The van der Waals surface area contributed by atoms with Crippen LogP contribution in [0.25, 0.3) is 0 Å². The molecule has 2 saturated heterocycles. The van der Waals surface area contributed by atoms with Gasteiger partial charge in [0.25, 0.3) is 23.6 Å². The minimum Gasteiger partial charge on any atom is -0.508 e. The number of nitrogens with one attached hydrogen (secondary N) is 1. The first-order valence-electron chi connectivity index (χ1n) is 17.8. The molecule has 14 heteroatoms. The maximum Gasteiger partial charge on any atom is 0.433 e. The van der Waals surface area contributed by atoms with E-state index in [0.29, 0.717) is 34.0 Å². The predicted molar refractivity (Wildman–Crippen MR) is 196 cm³/mol. The highest BCUT2D eigenvalue weighted by Crippen LogP contribution is 2.64. The normalized spacial score (nSPS) is 26.1. The molecule has 10 nitrogen and oxygen atoms in total. The number of rotatable bonds is 6. The van der Waals surface area contributed by atoms with E-state index in [2.05, 4.69) is 10.4 Å². The second kappa shape index (κ2) is 13.0. The van der Waals surface area contributed by atoms with E-state index in [1.807, 2.05) is 43.3 Å². The summed E-state index contributed by atoms with van der Waals surface area (Å²) in [6, 6.07) is 23.0. The van der Waals surface area contributed by atoms with Crippen LogP contribution in [-0.4, -0.2) is 50.8 Å². The molecule has 6 atom stereocenters. The van der Waals surface area contributed by atoms with E-state index >= 15 is 4.79 Å². The molecule has 0 radical (unpaired) electrons. The van der Waals surface area contributed by atoms with Crippen molar-refractivity contribution < 1.29 is 37.5 Å². The molecule has 1 aromatic heterocycles. The third-order valence-corrected chi connectivity index (χ3v) is 11.9. The van der Waals surface area contributed by atoms with Crippen molar-refractivity contribution in [2.75, 3.05) is 17.5 Å². The van der Waals surface area contributed by atoms with Gasteiger partial charge in [-0.05, 0) is 79.6 Å². The van der Waals surface area contributed by atoms with Crippen molar-refractivity contribution in [1.29, 1.82) is 0 Å². The number of carbonyl (C=O) groups is 4. The van der Waals surface area contributed by atoms with Gasteiger partial charge in [0.15, 0.2) is 5.82 Å². The Kier molecular flexibility index (Phi) is 8.56. The Hall–Kier alpha value is -5.69. The lowest BCUT2D eigenvalue weighted by Crippen LogP contribution is -2.53. The number of phenolic OH excluding ortho intramolecular Hbond substituents is 1. The highest BCUT2D eigenvalue weighted by molar-refractivity contribution is 6.33. The first-order valence-corrected chi connectivity index (χ1v) is 18.1. The largest absolute Gasteiger partial charge is 0.508 e. The molecule has 282 valence electrons. The number of allylic oxidation sites excluding steroid dienone is 2. The van der Waals surface area contributed by atoms with Gasteiger partial charge in [-0.2, -0.15) is 23.2 Å². The summed E-state index contributed by atoms with van der Waals surface area (Å²) in [7, 11) is 1.26. The summed E-state index contributed by atoms with van der Waals surface area (Å²) in [5, 5.41) is 13.2. The fourth-order valence-electron chi connectivity index (χ4n) is 9.17. The maximum atomic E-state index is 15.3. The van der Waals surface area contributed by atoms with Crippen LogP contribution in [0.3, 0.4) is 0 Å². The van der Waals surface area contributed by atoms with Gasteiger partial charge in [-0.25, -0.2) is 4.98 Å². The number of benzene rings is 3. The number of carbonyl (C=O) groups excluding carboxylic acids is 4. The number of aryl methyl sites for hydroxylation is 2. The number of halogens is 4. The summed E-state index contributed by atoms with van der Waals surface area (Å²) < 4.78 is 41.0. The van der Waals surface area contributed by atoms with Crippen LogP contribution in [0, 0.1) is 37.5 Å². The van der Waals surface area contributed by atoms with Crippen LogP contribution < -0.4 is 10.4 Å². The highest BCUT2D eigenvalue weighted by Gasteiger charge is 2.70. The monoisotopic (exact) mass is 769 g/mol. The predicted octanol–water partition coefficient (Wildman–Crippen LogP) is 7.11. The number of anilines is 2. The third kappa shape index (κ3) is 5.50. The molecule has 4 aromatic rings. The van der Waals surface area contributed by atoms with Crippen molar-refractivity contribution in [3.63, 3.8) is 0 Å². The standard InChI is InChI=1S/C41H35ClF3N5O5/c1-21-9-12-25(13-10-21)47-49-37(53)29-20-28-26(34(23-11-17-31(51)22(2)19-23)40(29,39(49)55)24-7-5-4-6-8-24)14-15-27-33(28)38(54)50(36(27)52)48(3)35-30(42)16-18-32(46-35)41(43,44)45/h4-14,16-19,27-29,33-34,47,51H,15,20H2,1-3H3/t27-,28+,29-,33-,34-,40+/m0/s1. The number of fused-ring (bicyclic) bond motifs is 4. The van der Waals surface area contributed by atoms with Gasteiger partial charge in [-0.15, -0.1) is 0 Å². The summed E-state index contributed by atoms with van der Waals surface area (Å²) in [5.74, 6) is -7.21. The molecular weight excluding hydrogens is 735 g/mol. The van der Waals surface area contributed by atoms with E-state index in [9.17, 15) is 32.7 Å². The van der Waals surface area contributed by atoms with Gasteiger partial charge in [0, 0.05) is 13.0 Å². The molecule has 55 heavy (non-hydrogen) atoms. The number of pyridine rings is 1. The van der Waals surface area contributed by atoms with Gasteiger partial charge in [0.1, 0.15) is 11.4 Å². The Bertz CT molecular complexity index is 2300. The second-order valence-corrected chi connectivity index (χ2v) is 15.1. The molecule has 3 aromatic carbocycles. The van der Waals surface area contributed by atoms with Gasteiger partial charge < -0.3 is 5.11 Å². The average Bonchev–Trinajstić information content (AvgIpc) is 3.54. The van der Waals surface area contributed by atoms with E-state index in [0.717, 1.165) is 26.7 Å². The lowest BCUT2D eigenvalue weighted by atomic mass is 9.49. The molecule has 0 unspecified atom stereocenters. The van der Waals surface area contributed by atoms with Crippen molar-refractivity contribution >= 4 is 46.7 Å². The molecule has 2 aliphatic carbocycles. The van der Waals surface area contributed by atoms with E-state index in [-0.39, 0.29) is 23.6 Å². The molecule has 0 spiro atoms. The molecule has 3 fully saturated rings. The molecule has 4 amide bonds. The maximum absolute atomic E-state index is 15.3. The van der Waals surface area contributed by atoms with Crippen molar-refractivity contribution in [3.05, 3.63) is 130 Å². The number of aromatic hydroxyl groups is 1. The zero-order valence-corrected chi connectivity index (χ0v) is 30.6. The minimum atomic E-state index is -4.81. The Morgan fingerprint density at radius 1 is 0.909 bits per heavy atom. The number of alkyl halides is 3. The van der Waals surface area contributed by atoms with Crippen molar-refractivity contribution in [2.45, 2.75) is 44.2 Å². The van der Waals surface area contributed by atoms with Gasteiger partial charge in [-0.1, -0.05) is 83.4 Å². The van der Waals surface area contributed by atoms with E-state index < -0.39 is 76.3 Å². The number of imide groups is 2. The average molecular weight is 770 g/mol. The van der Waals surface area contributed by atoms with Crippen LogP contribution in [0.15, 0.2) is 96.6 Å². The molecule has 8 rings (SSSR count). The Labute approximate surface area is 319 Å². The van der Waals surface area contributed by atoms with Gasteiger partial charge in [0.05, 0.1) is 33.9 Å². The summed E-state index contributed by atoms with van der Waals surface area (Å²) in [6.07, 6.45) is -2.83. The molecule has 0 bridgehead atoms. The minimum absolute atomic E-state index is 0.0191. The molecular formula is C41H35ClF3N5O5. The van der Waals surface area contributed by atoms with Crippen molar-refractivity contribution in [2.24, 2.45) is 23.7 Å². The fourth-order valence-corrected chi connectivity index (χ4v) is 9.40. The number of amides is 4. The lowest BCUT2D eigenvalue weighted by Gasteiger charge is -2.50. The van der Waals surface area contributed by atoms with Gasteiger partial charge in [-0.3, -0.25) is 29.6 Å². The second-order valence-electron chi connectivity index (χ2n) is 14.6. The van der Waals surface area contributed by atoms with Crippen LogP contribution >= 0.6 is 11.6 Å². The van der Waals surface area contributed by atoms with Crippen molar-refractivity contribution in [3.8, 4) is 5.75 Å². The summed E-state index contributed by atoms with van der Waals surface area (Å²) in [4.78, 5) is 62.5. The lowest BCUT2D eigenvalue weighted by molar-refractivity contribution is -0.142. The zero-order chi connectivity index (χ0) is 39.1. The van der Waals surface area contributed by atoms with Crippen LogP contribution in [-0.2, 0) is 30.8 Å². The van der Waals surface area contributed by atoms with Crippen LogP contribution in [0.2, 0.25) is 5.02 Å². The quantitative estimate of drug-likeness (QED) is 0.157. The number of nitrogens with zero attached hydrogens (tertiary/aromatic N) is 4. The highest BCUT2D eigenvalue weighted by atomic mass is 35.5. The van der Waals surface area contributed by atoms with Crippen LogP contribution in [0.5, 0.6) is 5.75 Å². The van der Waals surface area contributed by atoms with Crippen molar-refractivity contribution in [1.82, 2.24) is 15.0 Å². The Morgan fingerprint density at radius 2 is 1.62 bits per heavy atom. The number of aromatic nitrogens is 1. The first kappa shape index (κ1) is 36.3. The number of hydrogen-bond donors (Lipinski definition) is 2. The number of hydrogen-bond acceptors (Lipinski definition) is 8. The SMILES string of the molecule is Cc1ccc(NN2C(=O)[C@@H]3C[C@@H]4C(=CC[C@@H]5C(=O)N(N(C)c6nc(C(F)(F)F)ccc6Cl)C(=O)[C@@H]54)[C@H](c4ccc(O)c(C)c4)[C@]3(c3ccccc3)C2=O)cc1. The van der Waals surface area contributed by atoms with Gasteiger partial charge >= 0.3 is 6.18 Å². The Balaban J connectivity index is 1.27. The summed E-state index contributed by atoms with van der Waals surface area (Å²) in [6.45, 7) is 3.64. The molecule has 2 N–H and O–H groups in total. The van der Waals surface area contributed by atoms with Gasteiger partial charge in [0.2, 0.25) is 0 Å². The molecule has 4 aliphatic rings. The molecule has 2 aliphatic heterocycles. The zero-order valence-electron chi connectivity index (χ0n) is 29.8. The molecule has 1 saturated carbocycles. The summed E-state index contributed by atoms with van der Waals surface area (Å²) in [5.41, 5.74) is 4.23. The smallest absolute Gasteiger partial charge is 0.433 e. The Morgan fingerprint density at radius 3 is 2.29 bits per heavy atom. The molecule has 3 heterocycles. The number of phenols is 1. The number of hydrazine groups is 2. The van der Waals surface area contributed by atoms with Crippen LogP contribution in [0.1, 0.15) is 46.7 Å². The fraction of sp³-hybridized carbons (Fsp3) is 0.293. The van der Waals surface area contributed by atoms with E-state index in [1.165, 1.54) is 13.1 Å². The topological polar surface area (TPSA) is 123 Å². The van der Waals surface area contributed by atoms with E-state index in [4.69, 9.17) is 11.6 Å². The van der Waals surface area contributed by atoms with E-state index in [1.54, 1.807) is 43.3 Å². The summed E-state index contributed by atoms with van der Waals surface area (Å²) >= 11 is 6.30. The van der Waals surface area contributed by atoms with Crippen LogP contribution in [0.4, 0.5) is 24.7 Å². The third-order valence-electron chi connectivity index (χ3n) is 11.6.